The summed E-state index contributed by atoms with van der Waals surface area (Å²) in [5, 5.41) is 8.99. The SMILES string of the molecule is CCCn1c(C#N)ccc1Cn1ccnc1. The van der Waals surface area contributed by atoms with Gasteiger partial charge in [0.05, 0.1) is 12.9 Å². The first-order valence-electron chi connectivity index (χ1n) is 5.39. The van der Waals surface area contributed by atoms with Gasteiger partial charge >= 0.3 is 0 Å². The van der Waals surface area contributed by atoms with Gasteiger partial charge in [0.15, 0.2) is 0 Å². The Kier molecular flexibility index (Phi) is 3.06. The molecule has 0 bridgehead atoms. The van der Waals surface area contributed by atoms with Gasteiger partial charge in [0.25, 0.3) is 0 Å². The second-order valence-electron chi connectivity index (χ2n) is 3.71. The number of hydrogen-bond donors (Lipinski definition) is 0. The summed E-state index contributed by atoms with van der Waals surface area (Å²) < 4.78 is 4.07. The van der Waals surface area contributed by atoms with E-state index in [1.54, 1.807) is 12.5 Å². The van der Waals surface area contributed by atoms with Gasteiger partial charge in [0, 0.05) is 24.6 Å². The predicted molar refractivity (Wildman–Crippen MR) is 60.8 cm³/mol. The van der Waals surface area contributed by atoms with Gasteiger partial charge in [0.1, 0.15) is 11.8 Å². The van der Waals surface area contributed by atoms with Crippen molar-refractivity contribution >= 4 is 0 Å². The molecule has 0 saturated carbocycles. The summed E-state index contributed by atoms with van der Waals surface area (Å²) in [5.74, 6) is 0. The highest BCUT2D eigenvalue weighted by molar-refractivity contribution is 5.27. The zero-order valence-electron chi connectivity index (χ0n) is 9.30. The first-order chi connectivity index (χ1) is 7.85. The predicted octanol–water partition coefficient (Wildman–Crippen LogP) is 2.01. The summed E-state index contributed by atoms with van der Waals surface area (Å²) in [7, 11) is 0. The van der Waals surface area contributed by atoms with Crippen molar-refractivity contribution in [2.75, 3.05) is 0 Å². The lowest BCUT2D eigenvalue weighted by atomic mass is 10.4. The lowest BCUT2D eigenvalue weighted by molar-refractivity contribution is 0.620. The highest BCUT2D eigenvalue weighted by Crippen LogP contribution is 2.11. The van der Waals surface area contributed by atoms with Gasteiger partial charge in [-0.3, -0.25) is 0 Å². The molecule has 0 spiro atoms. The zero-order valence-corrected chi connectivity index (χ0v) is 9.30. The van der Waals surface area contributed by atoms with Crippen LogP contribution in [0.5, 0.6) is 0 Å². The van der Waals surface area contributed by atoms with Gasteiger partial charge < -0.3 is 9.13 Å². The van der Waals surface area contributed by atoms with E-state index in [2.05, 4.69) is 22.5 Å². The fraction of sp³-hybridized carbons (Fsp3) is 0.333. The van der Waals surface area contributed by atoms with Crippen LogP contribution in [0.25, 0.3) is 0 Å². The van der Waals surface area contributed by atoms with Gasteiger partial charge in [-0.15, -0.1) is 0 Å². The Bertz CT molecular complexity index is 488. The molecule has 0 aromatic carbocycles. The van der Waals surface area contributed by atoms with Crippen LogP contribution in [0.1, 0.15) is 24.7 Å². The lowest BCUT2D eigenvalue weighted by Crippen LogP contribution is -2.08. The van der Waals surface area contributed by atoms with E-state index in [1.807, 2.05) is 22.9 Å². The maximum atomic E-state index is 8.99. The summed E-state index contributed by atoms with van der Waals surface area (Å²) in [6, 6.07) is 6.10. The van der Waals surface area contributed by atoms with Crippen LogP contribution in [0.4, 0.5) is 0 Å². The van der Waals surface area contributed by atoms with Gasteiger partial charge in [-0.05, 0) is 18.6 Å². The number of hydrogen-bond acceptors (Lipinski definition) is 2. The Morgan fingerprint density at radius 3 is 2.94 bits per heavy atom. The molecule has 0 atom stereocenters. The fourth-order valence-corrected chi connectivity index (χ4v) is 1.80. The third kappa shape index (κ3) is 1.98. The summed E-state index contributed by atoms with van der Waals surface area (Å²) in [5.41, 5.74) is 1.88. The minimum Gasteiger partial charge on any atom is -0.335 e. The van der Waals surface area contributed by atoms with E-state index in [4.69, 9.17) is 5.26 Å². The number of imidazole rings is 1. The lowest BCUT2D eigenvalue weighted by Gasteiger charge is -2.09. The van der Waals surface area contributed by atoms with Crippen molar-refractivity contribution in [3.63, 3.8) is 0 Å². The molecule has 0 amide bonds. The third-order valence-electron chi connectivity index (χ3n) is 2.54. The van der Waals surface area contributed by atoms with Gasteiger partial charge in [0.2, 0.25) is 0 Å². The molecule has 82 valence electrons. The van der Waals surface area contributed by atoms with Crippen molar-refractivity contribution in [2.45, 2.75) is 26.4 Å². The standard InChI is InChI=1S/C12H14N4/c1-2-6-16-11(8-13)3-4-12(16)9-15-7-5-14-10-15/h3-5,7,10H,2,6,9H2,1H3. The van der Waals surface area contributed by atoms with Crippen LogP contribution in [-0.4, -0.2) is 14.1 Å². The Morgan fingerprint density at radius 1 is 1.44 bits per heavy atom. The van der Waals surface area contributed by atoms with Crippen LogP contribution in [0.3, 0.4) is 0 Å². The maximum Gasteiger partial charge on any atom is 0.120 e. The molecule has 0 N–H and O–H groups in total. The summed E-state index contributed by atoms with van der Waals surface area (Å²) in [6.45, 7) is 3.77. The Labute approximate surface area is 94.8 Å². The monoisotopic (exact) mass is 214 g/mol. The van der Waals surface area contributed by atoms with E-state index in [0.29, 0.717) is 0 Å². The van der Waals surface area contributed by atoms with Crippen molar-refractivity contribution < 1.29 is 0 Å². The zero-order chi connectivity index (χ0) is 11.4. The molecule has 0 aliphatic rings. The Morgan fingerprint density at radius 2 is 2.31 bits per heavy atom. The minimum absolute atomic E-state index is 0.733. The molecule has 4 nitrogen and oxygen atoms in total. The van der Waals surface area contributed by atoms with Crippen LogP contribution in [0, 0.1) is 11.3 Å². The summed E-state index contributed by atoms with van der Waals surface area (Å²) in [4.78, 5) is 4.01. The molecule has 2 rings (SSSR count). The maximum absolute atomic E-state index is 8.99. The summed E-state index contributed by atoms with van der Waals surface area (Å²) in [6.07, 6.45) is 6.50. The molecular weight excluding hydrogens is 200 g/mol. The van der Waals surface area contributed by atoms with Gasteiger partial charge in [-0.25, -0.2) is 4.98 Å². The van der Waals surface area contributed by atoms with Crippen molar-refractivity contribution in [1.29, 1.82) is 5.26 Å². The quantitative estimate of drug-likeness (QED) is 0.781. The molecular formula is C12H14N4. The molecule has 0 saturated heterocycles. The largest absolute Gasteiger partial charge is 0.335 e. The summed E-state index contributed by atoms with van der Waals surface area (Å²) >= 11 is 0. The van der Waals surface area contributed by atoms with Crippen LogP contribution >= 0.6 is 0 Å². The van der Waals surface area contributed by atoms with Crippen molar-refractivity contribution in [3.05, 3.63) is 42.2 Å². The van der Waals surface area contributed by atoms with E-state index < -0.39 is 0 Å². The second kappa shape index (κ2) is 4.67. The molecule has 0 unspecified atom stereocenters. The molecule has 0 radical (unpaired) electrons. The minimum atomic E-state index is 0.733. The molecule has 2 aromatic rings. The van der Waals surface area contributed by atoms with Crippen molar-refractivity contribution in [1.82, 2.24) is 14.1 Å². The second-order valence-corrected chi connectivity index (χ2v) is 3.71. The van der Waals surface area contributed by atoms with E-state index in [9.17, 15) is 0 Å². The highest BCUT2D eigenvalue weighted by atomic mass is 15.1. The molecule has 0 aliphatic heterocycles. The smallest absolute Gasteiger partial charge is 0.120 e. The van der Waals surface area contributed by atoms with E-state index in [1.165, 1.54) is 0 Å². The molecule has 16 heavy (non-hydrogen) atoms. The van der Waals surface area contributed by atoms with Crippen molar-refractivity contribution in [3.8, 4) is 6.07 Å². The Balaban J connectivity index is 2.27. The molecule has 2 heterocycles. The highest BCUT2D eigenvalue weighted by Gasteiger charge is 2.06. The topological polar surface area (TPSA) is 46.5 Å². The average Bonchev–Trinajstić information content (AvgIpc) is 2.91. The van der Waals surface area contributed by atoms with Gasteiger partial charge in [-0.2, -0.15) is 5.26 Å². The van der Waals surface area contributed by atoms with E-state index in [0.717, 1.165) is 30.9 Å². The Hall–Kier alpha value is -2.02. The number of aromatic nitrogens is 3. The van der Waals surface area contributed by atoms with Crippen LogP contribution in [-0.2, 0) is 13.1 Å². The van der Waals surface area contributed by atoms with Crippen LogP contribution < -0.4 is 0 Å². The molecule has 0 aliphatic carbocycles. The van der Waals surface area contributed by atoms with Crippen LogP contribution in [0.15, 0.2) is 30.9 Å². The number of nitriles is 1. The van der Waals surface area contributed by atoms with E-state index >= 15 is 0 Å². The number of nitrogens with zero attached hydrogens (tertiary/aromatic N) is 4. The van der Waals surface area contributed by atoms with Crippen molar-refractivity contribution in [2.24, 2.45) is 0 Å². The normalized spacial score (nSPS) is 10.2. The first kappa shape index (κ1) is 10.5. The molecule has 0 fully saturated rings. The van der Waals surface area contributed by atoms with Gasteiger partial charge in [-0.1, -0.05) is 6.92 Å². The van der Waals surface area contributed by atoms with Crippen LogP contribution in [0.2, 0.25) is 0 Å². The molecule has 2 aromatic heterocycles. The third-order valence-corrected chi connectivity index (χ3v) is 2.54. The van der Waals surface area contributed by atoms with E-state index in [-0.39, 0.29) is 0 Å². The fourth-order valence-electron chi connectivity index (χ4n) is 1.80. The molecule has 4 heteroatoms. The first-order valence-corrected chi connectivity index (χ1v) is 5.39. The average molecular weight is 214 g/mol. The number of rotatable bonds is 4.